The second kappa shape index (κ2) is 5.78. The molecule has 0 bridgehead atoms. The molecule has 0 aromatic carbocycles. The Bertz CT molecular complexity index is 855. The quantitative estimate of drug-likeness (QED) is 0.695. The third kappa shape index (κ3) is 2.68. The van der Waals surface area contributed by atoms with Crippen molar-refractivity contribution < 1.29 is 0 Å². The number of fused-ring (bicyclic) bond motifs is 1. The number of hydrogen-bond donors (Lipinski definition) is 0. The van der Waals surface area contributed by atoms with Crippen LogP contribution in [-0.2, 0) is 13.1 Å². The molecule has 5 nitrogen and oxygen atoms in total. The van der Waals surface area contributed by atoms with Gasteiger partial charge in [0, 0.05) is 25.4 Å². The smallest absolute Gasteiger partial charge is 0.141 e. The highest BCUT2D eigenvalue weighted by Crippen LogP contribution is 2.31. The van der Waals surface area contributed by atoms with E-state index < -0.39 is 0 Å². The summed E-state index contributed by atoms with van der Waals surface area (Å²) in [5, 5.41) is 7.52. The number of hydrogen-bond acceptors (Lipinski definition) is 5. The Labute approximate surface area is 133 Å². The second-order valence-corrected chi connectivity index (χ2v) is 6.16. The monoisotopic (exact) mass is 311 g/mol. The predicted molar refractivity (Wildman–Crippen MR) is 90.1 cm³/mol. The minimum atomic E-state index is 0.490. The fraction of sp³-hybridized carbons (Fsp3) is 0.312. The molecule has 3 aromatic heterocycles. The van der Waals surface area contributed by atoms with Crippen LogP contribution in [0, 0.1) is 26.2 Å². The highest BCUT2D eigenvalue weighted by atomic mass is 32.1. The lowest BCUT2D eigenvalue weighted by atomic mass is 10.2. The fourth-order valence-corrected chi connectivity index (χ4v) is 3.42. The Hall–Kier alpha value is -2.39. The molecule has 22 heavy (non-hydrogen) atoms. The molecule has 0 aliphatic rings. The van der Waals surface area contributed by atoms with Gasteiger partial charge in [-0.15, -0.1) is 17.8 Å². The highest BCUT2D eigenvalue weighted by Gasteiger charge is 2.14. The molecule has 0 spiro atoms. The summed E-state index contributed by atoms with van der Waals surface area (Å²) in [7, 11) is 2.04. The highest BCUT2D eigenvalue weighted by molar-refractivity contribution is 7.17. The first-order valence-corrected chi connectivity index (χ1v) is 7.85. The van der Waals surface area contributed by atoms with Crippen LogP contribution in [0.25, 0.3) is 10.2 Å². The number of anilines is 1. The number of aryl methyl sites for hydroxylation is 2. The normalized spacial score (nSPS) is 10.8. The molecule has 0 aliphatic heterocycles. The van der Waals surface area contributed by atoms with Crippen LogP contribution in [0.2, 0.25) is 0 Å². The van der Waals surface area contributed by atoms with Gasteiger partial charge in [-0.2, -0.15) is 5.10 Å². The number of terminal acetylenes is 1. The van der Waals surface area contributed by atoms with Gasteiger partial charge in [0.2, 0.25) is 0 Å². The second-order valence-electron chi connectivity index (χ2n) is 5.30. The Morgan fingerprint density at radius 1 is 1.36 bits per heavy atom. The molecule has 112 valence electrons. The van der Waals surface area contributed by atoms with Crippen molar-refractivity contribution in [2.24, 2.45) is 0 Å². The van der Waals surface area contributed by atoms with E-state index in [1.165, 1.54) is 5.56 Å². The van der Waals surface area contributed by atoms with E-state index in [4.69, 9.17) is 6.42 Å². The Morgan fingerprint density at radius 3 is 2.95 bits per heavy atom. The Kier molecular flexibility index (Phi) is 3.82. The molecule has 0 radical (unpaired) electrons. The van der Waals surface area contributed by atoms with Crippen molar-refractivity contribution in [2.45, 2.75) is 26.9 Å². The summed E-state index contributed by atoms with van der Waals surface area (Å²) >= 11 is 1.66. The largest absolute Gasteiger partial charge is 0.355 e. The zero-order valence-corrected chi connectivity index (χ0v) is 13.7. The lowest BCUT2D eigenvalue weighted by Crippen LogP contribution is -2.18. The molecule has 0 fully saturated rings. The van der Waals surface area contributed by atoms with Gasteiger partial charge in [-0.05, 0) is 24.8 Å². The van der Waals surface area contributed by atoms with Gasteiger partial charge in [-0.25, -0.2) is 9.97 Å². The third-order valence-electron chi connectivity index (χ3n) is 3.43. The standard InChI is InChI=1S/C16H17N5S/c1-5-6-21-9-13(7-17-21)8-20(4)15-14-11(2)10-22-16(14)19-12(3)18-15/h1,7,9-10H,6,8H2,2-4H3. The predicted octanol–water partition coefficient (Wildman–Crippen LogP) is 2.77. The van der Waals surface area contributed by atoms with Gasteiger partial charge in [-0.1, -0.05) is 5.92 Å². The maximum Gasteiger partial charge on any atom is 0.141 e. The molecule has 3 heterocycles. The number of nitrogens with zero attached hydrogens (tertiary/aromatic N) is 5. The molecule has 6 heteroatoms. The van der Waals surface area contributed by atoms with E-state index in [9.17, 15) is 0 Å². The first-order chi connectivity index (χ1) is 10.6. The van der Waals surface area contributed by atoms with Crippen LogP contribution in [-0.4, -0.2) is 26.8 Å². The summed E-state index contributed by atoms with van der Waals surface area (Å²) in [6, 6.07) is 0. The average molecular weight is 311 g/mol. The van der Waals surface area contributed by atoms with E-state index in [0.717, 1.165) is 34.0 Å². The first-order valence-electron chi connectivity index (χ1n) is 6.97. The molecule has 0 atom stereocenters. The van der Waals surface area contributed by atoms with Gasteiger partial charge in [0.15, 0.2) is 0 Å². The molecular formula is C16H17N5S. The van der Waals surface area contributed by atoms with Gasteiger partial charge in [-0.3, -0.25) is 4.68 Å². The molecule has 0 unspecified atom stereocenters. The summed E-state index contributed by atoms with van der Waals surface area (Å²) in [5.74, 6) is 4.34. The maximum atomic E-state index is 5.31. The molecule has 3 aromatic rings. The fourth-order valence-electron chi connectivity index (χ4n) is 2.46. The lowest BCUT2D eigenvalue weighted by Gasteiger charge is -2.19. The molecule has 0 N–H and O–H groups in total. The third-order valence-corrected chi connectivity index (χ3v) is 4.42. The van der Waals surface area contributed by atoms with Crippen LogP contribution in [0.15, 0.2) is 17.8 Å². The number of aromatic nitrogens is 4. The summed E-state index contributed by atoms with van der Waals surface area (Å²) in [5.41, 5.74) is 2.32. The van der Waals surface area contributed by atoms with Gasteiger partial charge in [0.1, 0.15) is 23.0 Å². The van der Waals surface area contributed by atoms with Crippen LogP contribution < -0.4 is 4.90 Å². The molecule has 0 saturated heterocycles. The van der Waals surface area contributed by atoms with Crippen molar-refractivity contribution in [3.8, 4) is 12.3 Å². The minimum absolute atomic E-state index is 0.490. The van der Waals surface area contributed by atoms with Crippen molar-refractivity contribution >= 4 is 27.4 Å². The van der Waals surface area contributed by atoms with Gasteiger partial charge in [0.05, 0.1) is 11.6 Å². The van der Waals surface area contributed by atoms with E-state index in [0.29, 0.717) is 6.54 Å². The van der Waals surface area contributed by atoms with Crippen molar-refractivity contribution in [3.05, 3.63) is 34.7 Å². The van der Waals surface area contributed by atoms with E-state index in [-0.39, 0.29) is 0 Å². The van der Waals surface area contributed by atoms with E-state index >= 15 is 0 Å². The Morgan fingerprint density at radius 2 is 2.18 bits per heavy atom. The van der Waals surface area contributed by atoms with Gasteiger partial charge < -0.3 is 4.90 Å². The minimum Gasteiger partial charge on any atom is -0.355 e. The van der Waals surface area contributed by atoms with Crippen molar-refractivity contribution in [3.63, 3.8) is 0 Å². The van der Waals surface area contributed by atoms with Crippen LogP contribution >= 0.6 is 11.3 Å². The average Bonchev–Trinajstić information content (AvgIpc) is 3.06. The molecule has 0 aliphatic carbocycles. The topological polar surface area (TPSA) is 46.8 Å². The van der Waals surface area contributed by atoms with E-state index in [1.807, 2.05) is 26.4 Å². The maximum absolute atomic E-state index is 5.31. The van der Waals surface area contributed by atoms with Gasteiger partial charge in [0.25, 0.3) is 0 Å². The lowest BCUT2D eigenvalue weighted by molar-refractivity contribution is 0.714. The Balaban J connectivity index is 1.93. The van der Waals surface area contributed by atoms with Crippen LogP contribution in [0.1, 0.15) is 17.0 Å². The zero-order valence-electron chi connectivity index (χ0n) is 12.9. The van der Waals surface area contributed by atoms with E-state index in [1.54, 1.807) is 16.0 Å². The first kappa shape index (κ1) is 14.5. The summed E-state index contributed by atoms with van der Waals surface area (Å²) in [6.07, 6.45) is 9.13. The molecule has 3 rings (SSSR count). The van der Waals surface area contributed by atoms with Crippen LogP contribution in [0.3, 0.4) is 0 Å². The van der Waals surface area contributed by atoms with Crippen molar-refractivity contribution in [2.75, 3.05) is 11.9 Å². The van der Waals surface area contributed by atoms with Crippen molar-refractivity contribution in [1.29, 1.82) is 0 Å². The van der Waals surface area contributed by atoms with E-state index in [2.05, 4.69) is 38.2 Å². The van der Waals surface area contributed by atoms with Crippen LogP contribution in [0.5, 0.6) is 0 Å². The molecule has 0 amide bonds. The van der Waals surface area contributed by atoms with Gasteiger partial charge >= 0.3 is 0 Å². The summed E-state index contributed by atoms with van der Waals surface area (Å²) in [4.78, 5) is 12.3. The molecular weight excluding hydrogens is 294 g/mol. The number of rotatable bonds is 4. The van der Waals surface area contributed by atoms with Crippen molar-refractivity contribution in [1.82, 2.24) is 19.7 Å². The summed E-state index contributed by atoms with van der Waals surface area (Å²) in [6.45, 7) is 5.24. The van der Waals surface area contributed by atoms with Crippen LogP contribution in [0.4, 0.5) is 5.82 Å². The number of thiophene rings is 1. The molecule has 0 saturated carbocycles. The SMILES string of the molecule is C#CCn1cc(CN(C)c2nc(C)nc3scc(C)c23)cn1. The zero-order chi connectivity index (χ0) is 15.7. The summed E-state index contributed by atoms with van der Waals surface area (Å²) < 4.78 is 1.76.